The van der Waals surface area contributed by atoms with E-state index in [-0.39, 0.29) is 25.0 Å². The molecule has 0 bridgehead atoms. The molecule has 0 aromatic heterocycles. The van der Waals surface area contributed by atoms with E-state index in [0.717, 1.165) is 11.1 Å². The summed E-state index contributed by atoms with van der Waals surface area (Å²) in [6.45, 7) is 2.21. The Balaban J connectivity index is 1.88. The topological polar surface area (TPSA) is 67.9 Å². The van der Waals surface area contributed by atoms with Crippen LogP contribution in [0.15, 0.2) is 72.8 Å². The van der Waals surface area contributed by atoms with Crippen LogP contribution in [0.5, 0.6) is 11.5 Å². The standard InChI is InChI=1S/C27H28Cl2N2O4/c1-3-30-27(33)25(16-19-7-5-4-6-8-19)31(17-20-9-14-23(28)24(29)15-20)26(32)18-35-22-12-10-21(34-2)11-13-22/h4-15,25H,3,16-18H2,1-2H3,(H,30,33)/t25-/m0/s1. The summed E-state index contributed by atoms with van der Waals surface area (Å²) in [4.78, 5) is 28.1. The van der Waals surface area contributed by atoms with Crippen molar-refractivity contribution in [2.45, 2.75) is 25.9 Å². The Morgan fingerprint density at radius 2 is 1.60 bits per heavy atom. The number of ether oxygens (including phenoxy) is 2. The first-order valence-corrected chi connectivity index (χ1v) is 12.0. The van der Waals surface area contributed by atoms with Crippen LogP contribution in [0.4, 0.5) is 0 Å². The molecule has 0 aliphatic carbocycles. The molecular formula is C27H28Cl2N2O4. The van der Waals surface area contributed by atoms with Crippen molar-refractivity contribution in [3.05, 3.63) is 94.0 Å². The zero-order valence-electron chi connectivity index (χ0n) is 19.7. The van der Waals surface area contributed by atoms with Crippen LogP contribution in [0, 0.1) is 0 Å². The molecule has 0 aliphatic heterocycles. The largest absolute Gasteiger partial charge is 0.497 e. The van der Waals surface area contributed by atoms with Gasteiger partial charge in [0.1, 0.15) is 17.5 Å². The van der Waals surface area contributed by atoms with Gasteiger partial charge in [0, 0.05) is 19.5 Å². The van der Waals surface area contributed by atoms with Gasteiger partial charge in [-0.1, -0.05) is 59.6 Å². The molecule has 1 atom stereocenters. The molecule has 0 radical (unpaired) electrons. The minimum atomic E-state index is -0.751. The average Bonchev–Trinajstić information content (AvgIpc) is 2.87. The maximum Gasteiger partial charge on any atom is 0.261 e. The van der Waals surface area contributed by atoms with E-state index in [1.807, 2.05) is 37.3 Å². The number of carbonyl (C=O) groups is 2. The molecule has 0 unspecified atom stereocenters. The quantitative estimate of drug-likeness (QED) is 0.383. The molecule has 0 aliphatic rings. The second-order valence-corrected chi connectivity index (χ2v) is 8.65. The lowest BCUT2D eigenvalue weighted by atomic mass is 10.0. The van der Waals surface area contributed by atoms with Gasteiger partial charge in [-0.2, -0.15) is 0 Å². The molecule has 0 saturated heterocycles. The first-order valence-electron chi connectivity index (χ1n) is 11.2. The highest BCUT2D eigenvalue weighted by molar-refractivity contribution is 6.42. The van der Waals surface area contributed by atoms with Crippen LogP contribution in [0.1, 0.15) is 18.1 Å². The number of amides is 2. The van der Waals surface area contributed by atoms with Gasteiger partial charge >= 0.3 is 0 Å². The highest BCUT2D eigenvalue weighted by Gasteiger charge is 2.30. The van der Waals surface area contributed by atoms with Crippen LogP contribution in [0.3, 0.4) is 0 Å². The Morgan fingerprint density at radius 1 is 0.914 bits per heavy atom. The van der Waals surface area contributed by atoms with Crippen LogP contribution in [-0.2, 0) is 22.6 Å². The molecule has 3 rings (SSSR count). The molecule has 6 nitrogen and oxygen atoms in total. The lowest BCUT2D eigenvalue weighted by molar-refractivity contribution is -0.142. The zero-order valence-corrected chi connectivity index (χ0v) is 21.2. The maximum atomic E-state index is 13.5. The van der Waals surface area contributed by atoms with E-state index >= 15 is 0 Å². The first-order chi connectivity index (χ1) is 16.9. The van der Waals surface area contributed by atoms with Gasteiger partial charge in [0.15, 0.2) is 6.61 Å². The number of hydrogen-bond donors (Lipinski definition) is 1. The molecule has 2 amide bonds. The van der Waals surface area contributed by atoms with Crippen molar-refractivity contribution in [3.63, 3.8) is 0 Å². The van der Waals surface area contributed by atoms with Gasteiger partial charge in [0.25, 0.3) is 5.91 Å². The smallest absolute Gasteiger partial charge is 0.261 e. The summed E-state index contributed by atoms with van der Waals surface area (Å²) in [6.07, 6.45) is 0.349. The van der Waals surface area contributed by atoms with Crippen molar-refractivity contribution in [1.29, 1.82) is 0 Å². The molecule has 8 heteroatoms. The van der Waals surface area contributed by atoms with Gasteiger partial charge in [-0.3, -0.25) is 9.59 Å². The van der Waals surface area contributed by atoms with Crippen LogP contribution in [-0.4, -0.2) is 43.0 Å². The Bertz CT molecular complexity index is 1120. The Kier molecular flexibility index (Phi) is 9.82. The third-order valence-electron chi connectivity index (χ3n) is 5.38. The van der Waals surface area contributed by atoms with E-state index in [0.29, 0.717) is 34.5 Å². The Morgan fingerprint density at radius 3 is 2.23 bits per heavy atom. The number of nitrogens with zero attached hydrogens (tertiary/aromatic N) is 1. The number of nitrogens with one attached hydrogen (secondary N) is 1. The molecule has 184 valence electrons. The number of likely N-dealkylation sites (N-methyl/N-ethyl adjacent to an activating group) is 1. The van der Waals surface area contributed by atoms with Gasteiger partial charge in [0.05, 0.1) is 17.2 Å². The van der Waals surface area contributed by atoms with Crippen molar-refractivity contribution >= 4 is 35.0 Å². The van der Waals surface area contributed by atoms with Gasteiger partial charge in [-0.05, 0) is 54.4 Å². The minimum absolute atomic E-state index is 0.163. The number of carbonyl (C=O) groups excluding carboxylic acids is 2. The molecule has 0 fully saturated rings. The van der Waals surface area contributed by atoms with Crippen molar-refractivity contribution < 1.29 is 19.1 Å². The number of halogens is 2. The number of benzene rings is 3. The van der Waals surface area contributed by atoms with E-state index in [2.05, 4.69) is 5.32 Å². The fourth-order valence-corrected chi connectivity index (χ4v) is 3.90. The summed E-state index contributed by atoms with van der Waals surface area (Å²) in [5, 5.41) is 3.65. The molecule has 0 saturated carbocycles. The first kappa shape index (κ1) is 26.4. The summed E-state index contributed by atoms with van der Waals surface area (Å²) in [7, 11) is 1.58. The predicted molar refractivity (Wildman–Crippen MR) is 138 cm³/mol. The monoisotopic (exact) mass is 514 g/mol. The van der Waals surface area contributed by atoms with Crippen LogP contribution in [0.2, 0.25) is 10.0 Å². The van der Waals surface area contributed by atoms with Gasteiger partial charge in [-0.15, -0.1) is 0 Å². The van der Waals surface area contributed by atoms with Gasteiger partial charge in [0.2, 0.25) is 5.91 Å². The fraction of sp³-hybridized carbons (Fsp3) is 0.259. The lowest BCUT2D eigenvalue weighted by Crippen LogP contribution is -2.51. The Hall–Kier alpha value is -3.22. The third kappa shape index (κ3) is 7.64. The van der Waals surface area contributed by atoms with E-state index in [1.165, 1.54) is 4.90 Å². The van der Waals surface area contributed by atoms with E-state index < -0.39 is 6.04 Å². The van der Waals surface area contributed by atoms with Crippen molar-refractivity contribution in [2.24, 2.45) is 0 Å². The van der Waals surface area contributed by atoms with Gasteiger partial charge in [-0.25, -0.2) is 0 Å². The fourth-order valence-electron chi connectivity index (χ4n) is 3.58. The second-order valence-electron chi connectivity index (χ2n) is 7.83. The maximum absolute atomic E-state index is 13.5. The number of hydrogen-bond acceptors (Lipinski definition) is 4. The molecule has 35 heavy (non-hydrogen) atoms. The molecule has 3 aromatic carbocycles. The van der Waals surface area contributed by atoms with E-state index in [9.17, 15) is 9.59 Å². The van der Waals surface area contributed by atoms with Gasteiger partial charge < -0.3 is 19.7 Å². The van der Waals surface area contributed by atoms with Crippen LogP contribution < -0.4 is 14.8 Å². The van der Waals surface area contributed by atoms with Crippen LogP contribution in [0.25, 0.3) is 0 Å². The summed E-state index contributed by atoms with van der Waals surface area (Å²) in [6, 6.07) is 20.9. The van der Waals surface area contributed by atoms with Crippen molar-refractivity contribution in [2.75, 3.05) is 20.3 Å². The molecule has 0 spiro atoms. The summed E-state index contributed by atoms with van der Waals surface area (Å²) in [5.74, 6) is 0.628. The minimum Gasteiger partial charge on any atom is -0.497 e. The van der Waals surface area contributed by atoms with Crippen LogP contribution >= 0.6 is 23.2 Å². The number of rotatable bonds is 11. The average molecular weight is 515 g/mol. The van der Waals surface area contributed by atoms with E-state index in [1.54, 1.807) is 49.6 Å². The Labute approximate surface area is 215 Å². The molecular weight excluding hydrogens is 487 g/mol. The van der Waals surface area contributed by atoms with Crippen molar-refractivity contribution in [1.82, 2.24) is 10.2 Å². The van der Waals surface area contributed by atoms with Crippen molar-refractivity contribution in [3.8, 4) is 11.5 Å². The summed E-state index contributed by atoms with van der Waals surface area (Å²) in [5.41, 5.74) is 1.69. The highest BCUT2D eigenvalue weighted by atomic mass is 35.5. The second kappa shape index (κ2) is 13.0. The summed E-state index contributed by atoms with van der Waals surface area (Å²) < 4.78 is 10.9. The SMILES string of the molecule is CCNC(=O)[C@H](Cc1ccccc1)N(Cc1ccc(Cl)c(Cl)c1)C(=O)COc1ccc(OC)cc1. The molecule has 0 heterocycles. The zero-order chi connectivity index (χ0) is 25.2. The molecule has 3 aromatic rings. The highest BCUT2D eigenvalue weighted by Crippen LogP contribution is 2.24. The molecule has 1 N–H and O–H groups in total. The number of methoxy groups -OCH3 is 1. The summed E-state index contributed by atoms with van der Waals surface area (Å²) >= 11 is 12.3. The predicted octanol–water partition coefficient (Wildman–Crippen LogP) is 5.16. The lowest BCUT2D eigenvalue weighted by Gasteiger charge is -2.31. The normalized spacial score (nSPS) is 11.4. The third-order valence-corrected chi connectivity index (χ3v) is 6.12. The van der Waals surface area contributed by atoms with E-state index in [4.69, 9.17) is 32.7 Å².